The number of amides is 1. The molecule has 0 aliphatic heterocycles. The molecule has 2 aromatic carbocycles. The third-order valence-electron chi connectivity index (χ3n) is 4.44. The van der Waals surface area contributed by atoms with Crippen molar-refractivity contribution in [2.24, 2.45) is 0 Å². The van der Waals surface area contributed by atoms with E-state index in [-0.39, 0.29) is 11.3 Å². The molecule has 0 aliphatic carbocycles. The van der Waals surface area contributed by atoms with Crippen LogP contribution in [0.4, 0.5) is 0 Å². The van der Waals surface area contributed by atoms with Crippen molar-refractivity contribution in [3.63, 3.8) is 0 Å². The van der Waals surface area contributed by atoms with Crippen molar-refractivity contribution in [2.45, 2.75) is 39.0 Å². The van der Waals surface area contributed by atoms with Gasteiger partial charge >= 0.3 is 0 Å². The van der Waals surface area contributed by atoms with Gasteiger partial charge in [-0.25, -0.2) is 18.1 Å². The van der Waals surface area contributed by atoms with Crippen LogP contribution >= 0.6 is 11.3 Å². The summed E-state index contributed by atoms with van der Waals surface area (Å²) in [6.07, 6.45) is 0.0164. The van der Waals surface area contributed by atoms with Crippen LogP contribution in [0.15, 0.2) is 46.7 Å². The van der Waals surface area contributed by atoms with Crippen molar-refractivity contribution in [3.8, 4) is 10.6 Å². The van der Waals surface area contributed by atoms with Gasteiger partial charge < -0.3 is 0 Å². The Morgan fingerprint density at radius 2 is 1.75 bits per heavy atom. The summed E-state index contributed by atoms with van der Waals surface area (Å²) >= 11 is 1.45. The molecule has 0 bridgehead atoms. The van der Waals surface area contributed by atoms with Crippen LogP contribution in [0.25, 0.3) is 10.6 Å². The molecule has 0 radical (unpaired) electrons. The number of thiazole rings is 1. The van der Waals surface area contributed by atoms with Crippen molar-refractivity contribution < 1.29 is 13.2 Å². The first-order valence-electron chi connectivity index (χ1n) is 8.80. The van der Waals surface area contributed by atoms with Gasteiger partial charge in [-0.2, -0.15) is 0 Å². The van der Waals surface area contributed by atoms with E-state index in [1.54, 1.807) is 12.1 Å². The number of nitrogens with one attached hydrogen (secondary N) is 1. The number of sulfonamides is 1. The van der Waals surface area contributed by atoms with Crippen molar-refractivity contribution in [2.75, 3.05) is 0 Å². The number of aryl methyl sites for hydroxylation is 4. The second-order valence-corrected chi connectivity index (χ2v) is 9.45. The molecule has 1 heterocycles. The Bertz CT molecular complexity index is 1120. The van der Waals surface area contributed by atoms with Crippen LogP contribution in [-0.4, -0.2) is 19.3 Å². The first kappa shape index (κ1) is 20.2. The number of nitrogens with zero attached hydrogens (tertiary/aromatic N) is 1. The molecule has 0 saturated heterocycles. The van der Waals surface area contributed by atoms with E-state index in [1.807, 2.05) is 45.2 Å². The van der Waals surface area contributed by atoms with E-state index >= 15 is 0 Å². The molecule has 0 aliphatic rings. The van der Waals surface area contributed by atoms with Crippen molar-refractivity contribution in [1.29, 1.82) is 0 Å². The van der Waals surface area contributed by atoms with Gasteiger partial charge in [0.1, 0.15) is 5.01 Å². The lowest BCUT2D eigenvalue weighted by molar-refractivity contribution is -0.118. The molecule has 28 heavy (non-hydrogen) atoms. The number of aromatic nitrogens is 1. The van der Waals surface area contributed by atoms with Gasteiger partial charge in [-0.1, -0.05) is 29.8 Å². The summed E-state index contributed by atoms with van der Waals surface area (Å²) in [5, 5.41) is 2.65. The summed E-state index contributed by atoms with van der Waals surface area (Å²) in [5.41, 5.74) is 5.51. The molecule has 7 heteroatoms. The van der Waals surface area contributed by atoms with Crippen LogP contribution < -0.4 is 4.72 Å². The zero-order chi connectivity index (χ0) is 20.5. The lowest BCUT2D eigenvalue weighted by Crippen LogP contribution is -2.32. The van der Waals surface area contributed by atoms with Crippen molar-refractivity contribution in [1.82, 2.24) is 9.71 Å². The van der Waals surface area contributed by atoms with Crippen molar-refractivity contribution >= 4 is 27.3 Å². The molecule has 146 valence electrons. The van der Waals surface area contributed by atoms with E-state index in [0.29, 0.717) is 5.56 Å². The van der Waals surface area contributed by atoms with Crippen LogP contribution in [0.1, 0.15) is 27.9 Å². The van der Waals surface area contributed by atoms with Crippen LogP contribution in [0.5, 0.6) is 0 Å². The number of carbonyl (C=O) groups is 1. The second-order valence-electron chi connectivity index (χ2n) is 6.90. The molecular weight excluding hydrogens is 392 g/mol. The van der Waals surface area contributed by atoms with Crippen molar-refractivity contribution in [3.05, 3.63) is 69.7 Å². The summed E-state index contributed by atoms with van der Waals surface area (Å²) in [6.45, 7) is 7.73. The minimum absolute atomic E-state index is 0.0164. The smallest absolute Gasteiger partial charge is 0.264 e. The summed E-state index contributed by atoms with van der Waals surface area (Å²) in [4.78, 5) is 16.9. The molecule has 0 atom stereocenters. The highest BCUT2D eigenvalue weighted by atomic mass is 32.2. The zero-order valence-electron chi connectivity index (χ0n) is 16.2. The molecule has 0 unspecified atom stereocenters. The number of carbonyl (C=O) groups excluding carboxylic acids is 1. The van der Waals surface area contributed by atoms with E-state index in [2.05, 4.69) is 9.71 Å². The molecule has 3 rings (SSSR count). The van der Waals surface area contributed by atoms with Crippen LogP contribution in [0, 0.1) is 27.7 Å². The van der Waals surface area contributed by atoms with E-state index in [9.17, 15) is 13.2 Å². The predicted octanol–water partition coefficient (Wildman–Crippen LogP) is 4.09. The van der Waals surface area contributed by atoms with Gasteiger partial charge in [0.15, 0.2) is 0 Å². The van der Waals surface area contributed by atoms with Gasteiger partial charge in [-0.05, 0) is 56.5 Å². The highest BCUT2D eigenvalue weighted by Gasteiger charge is 2.20. The Labute approximate surface area is 169 Å². The zero-order valence-corrected chi connectivity index (χ0v) is 17.9. The molecule has 0 fully saturated rings. The molecule has 0 saturated carbocycles. The Morgan fingerprint density at radius 1 is 1.07 bits per heavy atom. The average Bonchev–Trinajstić information content (AvgIpc) is 3.04. The molecule has 3 aromatic rings. The first-order valence-corrected chi connectivity index (χ1v) is 11.2. The fourth-order valence-electron chi connectivity index (χ4n) is 3.18. The number of hydrogen-bond acceptors (Lipinski definition) is 5. The van der Waals surface area contributed by atoms with E-state index in [0.717, 1.165) is 33.0 Å². The van der Waals surface area contributed by atoms with E-state index in [1.165, 1.54) is 23.5 Å². The molecule has 1 N–H and O–H groups in total. The summed E-state index contributed by atoms with van der Waals surface area (Å²) in [5.74, 6) is -0.550. The summed E-state index contributed by atoms with van der Waals surface area (Å²) in [6, 6.07) is 10.4. The van der Waals surface area contributed by atoms with Gasteiger partial charge in [0.2, 0.25) is 5.91 Å². The molecule has 5 nitrogen and oxygen atoms in total. The minimum Gasteiger partial charge on any atom is -0.274 e. The SMILES string of the molecule is Cc1cc(C)c(CC(=O)NS(=O)(=O)c2cccc(-c3nc(C)cs3)c2)c(C)c1. The lowest BCUT2D eigenvalue weighted by Gasteiger charge is -2.12. The maximum Gasteiger partial charge on any atom is 0.264 e. The highest BCUT2D eigenvalue weighted by molar-refractivity contribution is 7.90. The predicted molar refractivity (Wildman–Crippen MR) is 112 cm³/mol. The van der Waals surface area contributed by atoms with Crippen LogP contribution in [0.2, 0.25) is 0 Å². The third-order valence-corrected chi connectivity index (χ3v) is 6.82. The van der Waals surface area contributed by atoms with Gasteiger partial charge in [0.05, 0.1) is 11.3 Å². The van der Waals surface area contributed by atoms with Gasteiger partial charge in [0.25, 0.3) is 10.0 Å². The monoisotopic (exact) mass is 414 g/mol. The first-order chi connectivity index (χ1) is 13.2. The molecule has 1 aromatic heterocycles. The Morgan fingerprint density at radius 3 is 2.36 bits per heavy atom. The Kier molecular flexibility index (Phi) is 5.67. The Hall–Kier alpha value is -2.51. The Balaban J connectivity index is 1.81. The van der Waals surface area contributed by atoms with E-state index in [4.69, 9.17) is 0 Å². The topological polar surface area (TPSA) is 76.1 Å². The van der Waals surface area contributed by atoms with Crippen LogP contribution in [0.3, 0.4) is 0 Å². The normalized spacial score (nSPS) is 11.4. The quantitative estimate of drug-likeness (QED) is 0.682. The average molecular weight is 415 g/mol. The largest absolute Gasteiger partial charge is 0.274 e. The fourth-order valence-corrected chi connectivity index (χ4v) is 5.00. The van der Waals surface area contributed by atoms with Crippen LogP contribution in [-0.2, 0) is 21.2 Å². The highest BCUT2D eigenvalue weighted by Crippen LogP contribution is 2.25. The second kappa shape index (κ2) is 7.85. The lowest BCUT2D eigenvalue weighted by atomic mass is 9.97. The minimum atomic E-state index is -3.96. The number of hydrogen-bond donors (Lipinski definition) is 1. The number of benzene rings is 2. The fraction of sp³-hybridized carbons (Fsp3) is 0.238. The molecule has 0 spiro atoms. The van der Waals surface area contributed by atoms with Gasteiger partial charge in [-0.3, -0.25) is 4.79 Å². The number of rotatable bonds is 5. The van der Waals surface area contributed by atoms with E-state index < -0.39 is 15.9 Å². The molecular formula is C21H22N2O3S2. The molecule has 1 amide bonds. The standard InChI is InChI=1S/C21H22N2O3S2/c1-13-8-14(2)19(15(3)9-13)11-20(24)23-28(25,26)18-7-5-6-17(10-18)21-22-16(4)12-27-21/h5-10,12H,11H2,1-4H3,(H,23,24). The third kappa shape index (κ3) is 4.48. The maximum absolute atomic E-state index is 12.7. The summed E-state index contributed by atoms with van der Waals surface area (Å²) < 4.78 is 27.6. The van der Waals surface area contributed by atoms with Gasteiger partial charge in [-0.15, -0.1) is 11.3 Å². The maximum atomic E-state index is 12.7. The summed E-state index contributed by atoms with van der Waals surface area (Å²) in [7, 11) is -3.96. The van der Waals surface area contributed by atoms with Gasteiger partial charge in [0, 0.05) is 16.6 Å².